The molecule has 0 atom stereocenters. The van der Waals surface area contributed by atoms with E-state index in [-0.39, 0.29) is 0 Å². The molecule has 0 spiro atoms. The van der Waals surface area contributed by atoms with Crippen LogP contribution in [0.15, 0.2) is 18.2 Å². The van der Waals surface area contributed by atoms with Gasteiger partial charge in [0.05, 0.1) is 18.4 Å². The zero-order valence-corrected chi connectivity index (χ0v) is 12.5. The van der Waals surface area contributed by atoms with Gasteiger partial charge in [-0.25, -0.2) is 4.68 Å². The van der Waals surface area contributed by atoms with Gasteiger partial charge in [-0.3, -0.25) is 0 Å². The monoisotopic (exact) mass is 291 g/mol. The molecule has 1 aromatic heterocycles. The smallest absolute Gasteiger partial charge is 0.185 e. The third kappa shape index (κ3) is 3.69. The van der Waals surface area contributed by atoms with Crippen molar-refractivity contribution in [2.45, 2.75) is 26.3 Å². The summed E-state index contributed by atoms with van der Waals surface area (Å²) in [5.74, 6) is 1.24. The fourth-order valence-electron chi connectivity index (χ4n) is 2.07. The first-order valence-corrected chi connectivity index (χ1v) is 7.04. The summed E-state index contributed by atoms with van der Waals surface area (Å²) in [4.78, 5) is 0. The summed E-state index contributed by atoms with van der Waals surface area (Å²) >= 11 is 0. The Morgan fingerprint density at radius 3 is 2.90 bits per heavy atom. The Kier molecular flexibility index (Phi) is 5.51. The van der Waals surface area contributed by atoms with Crippen LogP contribution in [0, 0.1) is 0 Å². The summed E-state index contributed by atoms with van der Waals surface area (Å²) in [7, 11) is 1.59. The highest BCUT2D eigenvalue weighted by Gasteiger charge is 2.15. The van der Waals surface area contributed by atoms with Gasteiger partial charge in [-0.15, -0.1) is 5.10 Å². The van der Waals surface area contributed by atoms with Gasteiger partial charge in [-0.2, -0.15) is 0 Å². The Hall–Kier alpha value is -2.15. The number of aryl methyl sites for hydroxylation is 1. The van der Waals surface area contributed by atoms with Gasteiger partial charge in [0.1, 0.15) is 0 Å². The standard InChI is InChI=1S/C14H21N5O2/c1-3-9-21-10-5-8-19-14(16-17-18-19)11-6-4-7-12(15)13(11)20-2/h4,6-7H,3,5,8-10,15H2,1-2H3. The molecular formula is C14H21N5O2. The van der Waals surface area contributed by atoms with E-state index >= 15 is 0 Å². The van der Waals surface area contributed by atoms with Crippen molar-refractivity contribution < 1.29 is 9.47 Å². The Bertz CT molecular complexity index is 570. The lowest BCUT2D eigenvalue weighted by atomic mass is 10.1. The summed E-state index contributed by atoms with van der Waals surface area (Å²) < 4.78 is 12.6. The molecular weight excluding hydrogens is 270 g/mol. The van der Waals surface area contributed by atoms with Gasteiger partial charge in [0.2, 0.25) is 0 Å². The number of nitrogens with zero attached hydrogens (tertiary/aromatic N) is 4. The lowest BCUT2D eigenvalue weighted by molar-refractivity contribution is 0.128. The maximum Gasteiger partial charge on any atom is 0.185 e. The number of benzene rings is 1. The zero-order chi connectivity index (χ0) is 15.1. The molecule has 7 nitrogen and oxygen atoms in total. The number of ether oxygens (including phenoxy) is 2. The van der Waals surface area contributed by atoms with Crippen molar-refractivity contribution in [2.75, 3.05) is 26.1 Å². The van der Waals surface area contributed by atoms with Gasteiger partial charge in [0.15, 0.2) is 11.6 Å². The second-order valence-electron chi connectivity index (χ2n) is 4.62. The quantitative estimate of drug-likeness (QED) is 0.589. The highest BCUT2D eigenvalue weighted by molar-refractivity contribution is 5.73. The van der Waals surface area contributed by atoms with Crippen molar-refractivity contribution in [1.82, 2.24) is 20.2 Å². The number of hydrogen-bond acceptors (Lipinski definition) is 6. The number of anilines is 1. The molecule has 1 heterocycles. The molecule has 2 rings (SSSR count). The summed E-state index contributed by atoms with van der Waals surface area (Å²) in [6, 6.07) is 5.54. The lowest BCUT2D eigenvalue weighted by Gasteiger charge is -2.10. The molecule has 0 saturated carbocycles. The van der Waals surface area contributed by atoms with E-state index in [1.54, 1.807) is 17.9 Å². The van der Waals surface area contributed by atoms with E-state index in [0.717, 1.165) is 25.0 Å². The van der Waals surface area contributed by atoms with Crippen molar-refractivity contribution in [3.8, 4) is 17.1 Å². The minimum absolute atomic E-state index is 0.566. The first-order chi connectivity index (χ1) is 10.3. The number of nitrogen functional groups attached to an aromatic ring is 1. The van der Waals surface area contributed by atoms with Crippen LogP contribution >= 0.6 is 0 Å². The van der Waals surface area contributed by atoms with Gasteiger partial charge in [0, 0.05) is 19.8 Å². The van der Waals surface area contributed by atoms with Crippen LogP contribution in [-0.2, 0) is 11.3 Å². The summed E-state index contributed by atoms with van der Waals surface area (Å²) in [5, 5.41) is 11.8. The molecule has 2 aromatic rings. The second-order valence-corrected chi connectivity index (χ2v) is 4.62. The van der Waals surface area contributed by atoms with Gasteiger partial charge in [-0.1, -0.05) is 13.0 Å². The molecule has 0 aliphatic heterocycles. The average Bonchev–Trinajstić information content (AvgIpc) is 2.95. The van der Waals surface area contributed by atoms with Gasteiger partial charge < -0.3 is 15.2 Å². The SMILES string of the molecule is CCCOCCCn1nnnc1-c1cccc(N)c1OC. The molecule has 0 aliphatic carbocycles. The fraction of sp³-hybridized carbons (Fsp3) is 0.500. The van der Waals surface area contributed by atoms with E-state index in [4.69, 9.17) is 15.2 Å². The molecule has 0 amide bonds. The number of aromatic nitrogens is 4. The number of rotatable bonds is 8. The molecule has 114 valence electrons. The zero-order valence-electron chi connectivity index (χ0n) is 12.5. The molecule has 0 bridgehead atoms. The van der Waals surface area contributed by atoms with Crippen molar-refractivity contribution in [1.29, 1.82) is 0 Å². The van der Waals surface area contributed by atoms with E-state index in [0.29, 0.717) is 30.4 Å². The number of hydrogen-bond donors (Lipinski definition) is 1. The van der Waals surface area contributed by atoms with Gasteiger partial charge in [0.25, 0.3) is 0 Å². The normalized spacial score (nSPS) is 10.8. The van der Waals surface area contributed by atoms with E-state index in [1.807, 2.05) is 12.1 Å². The van der Waals surface area contributed by atoms with Crippen LogP contribution in [0.25, 0.3) is 11.4 Å². The predicted molar refractivity (Wildman–Crippen MR) is 79.9 cm³/mol. The van der Waals surface area contributed by atoms with Crippen LogP contribution in [0.5, 0.6) is 5.75 Å². The maximum atomic E-state index is 5.92. The molecule has 7 heteroatoms. The van der Waals surface area contributed by atoms with Crippen molar-refractivity contribution in [3.05, 3.63) is 18.2 Å². The number of methoxy groups -OCH3 is 1. The molecule has 0 aliphatic rings. The van der Waals surface area contributed by atoms with Gasteiger partial charge >= 0.3 is 0 Å². The highest BCUT2D eigenvalue weighted by Crippen LogP contribution is 2.33. The van der Waals surface area contributed by atoms with Crippen molar-refractivity contribution in [2.24, 2.45) is 0 Å². The lowest BCUT2D eigenvalue weighted by Crippen LogP contribution is -2.07. The summed E-state index contributed by atoms with van der Waals surface area (Å²) in [5.41, 5.74) is 7.27. The predicted octanol–water partition coefficient (Wildman–Crippen LogP) is 1.75. The molecule has 0 fully saturated rings. The number of para-hydroxylation sites is 1. The maximum absolute atomic E-state index is 5.92. The Labute approximate surface area is 124 Å². The van der Waals surface area contributed by atoms with Crippen LogP contribution in [0.2, 0.25) is 0 Å². The molecule has 0 radical (unpaired) electrons. The van der Waals surface area contributed by atoms with Crippen LogP contribution in [0.3, 0.4) is 0 Å². The third-order valence-electron chi connectivity index (χ3n) is 3.03. The van der Waals surface area contributed by atoms with E-state index in [2.05, 4.69) is 22.4 Å². The van der Waals surface area contributed by atoms with Gasteiger partial charge in [-0.05, 0) is 35.4 Å². The minimum atomic E-state index is 0.566. The van der Waals surface area contributed by atoms with Crippen LogP contribution in [0.1, 0.15) is 19.8 Å². The van der Waals surface area contributed by atoms with Crippen LogP contribution in [-0.4, -0.2) is 40.5 Å². The molecule has 0 saturated heterocycles. The van der Waals surface area contributed by atoms with E-state index in [1.165, 1.54) is 0 Å². The van der Waals surface area contributed by atoms with E-state index < -0.39 is 0 Å². The molecule has 21 heavy (non-hydrogen) atoms. The minimum Gasteiger partial charge on any atom is -0.494 e. The van der Waals surface area contributed by atoms with Crippen molar-refractivity contribution >= 4 is 5.69 Å². The average molecular weight is 291 g/mol. The van der Waals surface area contributed by atoms with Crippen molar-refractivity contribution in [3.63, 3.8) is 0 Å². The van der Waals surface area contributed by atoms with E-state index in [9.17, 15) is 0 Å². The summed E-state index contributed by atoms with van der Waals surface area (Å²) in [6.45, 7) is 4.25. The first kappa shape index (κ1) is 15.2. The summed E-state index contributed by atoms with van der Waals surface area (Å²) in [6.07, 6.45) is 1.87. The number of nitrogens with two attached hydrogens (primary N) is 1. The highest BCUT2D eigenvalue weighted by atomic mass is 16.5. The third-order valence-corrected chi connectivity index (χ3v) is 3.03. The van der Waals surface area contributed by atoms with Crippen LogP contribution < -0.4 is 10.5 Å². The Morgan fingerprint density at radius 1 is 1.29 bits per heavy atom. The Morgan fingerprint density at radius 2 is 2.14 bits per heavy atom. The second kappa shape index (κ2) is 7.58. The largest absolute Gasteiger partial charge is 0.494 e. The number of tetrazole rings is 1. The molecule has 1 aromatic carbocycles. The van der Waals surface area contributed by atoms with Crippen LogP contribution in [0.4, 0.5) is 5.69 Å². The fourth-order valence-corrected chi connectivity index (χ4v) is 2.07. The Balaban J connectivity index is 2.11. The topological polar surface area (TPSA) is 88.1 Å². The molecule has 2 N–H and O–H groups in total. The molecule has 0 unspecified atom stereocenters. The first-order valence-electron chi connectivity index (χ1n) is 7.04.